The van der Waals surface area contributed by atoms with Gasteiger partial charge in [-0.05, 0) is 62.8 Å². The minimum atomic E-state index is 0.106. The molecule has 2 amide bonds. The monoisotopic (exact) mass is 712 g/mol. The highest BCUT2D eigenvalue weighted by atomic mass is 35.5. The van der Waals surface area contributed by atoms with E-state index in [1.165, 1.54) is 5.56 Å². The summed E-state index contributed by atoms with van der Waals surface area (Å²) in [5.41, 5.74) is 8.27. The van der Waals surface area contributed by atoms with Gasteiger partial charge in [-0.15, -0.1) is 0 Å². The molecule has 50 heavy (non-hydrogen) atoms. The Morgan fingerprint density at radius 2 is 1.56 bits per heavy atom. The van der Waals surface area contributed by atoms with Crippen LogP contribution in [0, 0.1) is 0 Å². The van der Waals surface area contributed by atoms with Crippen LogP contribution in [0.2, 0.25) is 10.0 Å². The molecule has 2 fully saturated rings. The summed E-state index contributed by atoms with van der Waals surface area (Å²) in [7, 11) is 1.61. The van der Waals surface area contributed by atoms with Crippen LogP contribution in [0.3, 0.4) is 0 Å². The number of aryl methyl sites for hydroxylation is 1. The Balaban J connectivity index is 1.08. The normalized spacial score (nSPS) is 20.0. The lowest BCUT2D eigenvalue weighted by molar-refractivity contribution is -0.120. The molecule has 0 radical (unpaired) electrons. The summed E-state index contributed by atoms with van der Waals surface area (Å²) in [4.78, 5) is 32.9. The number of pyridine rings is 2. The Morgan fingerprint density at radius 3 is 2.28 bits per heavy atom. The van der Waals surface area contributed by atoms with Crippen LogP contribution >= 0.6 is 23.2 Å². The second-order valence-electron chi connectivity index (χ2n) is 13.4. The van der Waals surface area contributed by atoms with Gasteiger partial charge in [-0.2, -0.15) is 0 Å². The minimum Gasteiger partial charge on any atom is -0.481 e. The van der Waals surface area contributed by atoms with Crippen LogP contribution in [0.1, 0.15) is 67.8 Å². The van der Waals surface area contributed by atoms with Crippen LogP contribution in [0.25, 0.3) is 33.5 Å². The van der Waals surface area contributed by atoms with E-state index in [9.17, 15) is 9.59 Å². The molecule has 2 aliphatic heterocycles. The Morgan fingerprint density at radius 1 is 0.860 bits per heavy atom. The fourth-order valence-corrected chi connectivity index (χ4v) is 8.04. The first-order chi connectivity index (χ1) is 24.4. The number of aromatic nitrogens is 2. The van der Waals surface area contributed by atoms with Crippen LogP contribution in [0.4, 0.5) is 0 Å². The lowest BCUT2D eigenvalue weighted by Gasteiger charge is -2.26. The first kappa shape index (κ1) is 34.4. The number of benzene rings is 2. The number of carbonyl (C=O) groups is 2. The molecule has 9 nitrogen and oxygen atoms in total. The standard InChI is InChI=1S/C39H42Cl2N6O3/c1-50-39-24(20-42-22-27-13-16-35(49)46-27)11-14-32(47-39)31-9-4-8-30(37(31)41)29-7-3-6-28(36(29)40)25-19-23-5-2-10-33(38(23)44-21-25)43-18-17-26-12-15-34(48)45-26/h3-4,6-9,11,14,19,21,26-27,33,42-43H,2,5,10,12-13,15-18,20,22H2,1H3,(H,45,48)(H,46,49)/t26-,27-,33?/m0/s1. The van der Waals surface area contributed by atoms with E-state index in [0.717, 1.165) is 84.1 Å². The van der Waals surface area contributed by atoms with Crippen molar-refractivity contribution in [1.82, 2.24) is 31.2 Å². The Labute approximate surface area is 302 Å². The molecule has 4 N–H and O–H groups in total. The molecule has 0 bridgehead atoms. The predicted molar refractivity (Wildman–Crippen MR) is 197 cm³/mol. The first-order valence-electron chi connectivity index (χ1n) is 17.5. The third-order valence-electron chi connectivity index (χ3n) is 10.0. The summed E-state index contributed by atoms with van der Waals surface area (Å²) in [5, 5.41) is 14.3. The van der Waals surface area contributed by atoms with E-state index in [0.29, 0.717) is 47.6 Å². The van der Waals surface area contributed by atoms with Gasteiger partial charge in [-0.25, -0.2) is 4.98 Å². The molecule has 1 unspecified atom stereocenters. The van der Waals surface area contributed by atoms with Crippen molar-refractivity contribution in [1.29, 1.82) is 0 Å². The zero-order valence-electron chi connectivity index (χ0n) is 28.2. The van der Waals surface area contributed by atoms with Gasteiger partial charge in [0.1, 0.15) is 0 Å². The maximum atomic E-state index is 11.6. The van der Waals surface area contributed by atoms with Gasteiger partial charge in [0.2, 0.25) is 17.7 Å². The molecule has 2 aromatic heterocycles. The second kappa shape index (κ2) is 15.5. The summed E-state index contributed by atoms with van der Waals surface area (Å²) >= 11 is 14.3. The number of rotatable bonds is 12. The maximum Gasteiger partial charge on any atom is 0.220 e. The zero-order chi connectivity index (χ0) is 34.6. The largest absolute Gasteiger partial charge is 0.481 e. The number of hydrogen-bond acceptors (Lipinski definition) is 7. The van der Waals surface area contributed by atoms with Crippen molar-refractivity contribution in [2.24, 2.45) is 0 Å². The quantitative estimate of drug-likeness (QED) is 0.128. The average molecular weight is 714 g/mol. The van der Waals surface area contributed by atoms with E-state index in [2.05, 4.69) is 27.3 Å². The van der Waals surface area contributed by atoms with Crippen molar-refractivity contribution in [3.8, 4) is 39.4 Å². The number of ether oxygens (including phenoxy) is 1. The first-order valence-corrected chi connectivity index (χ1v) is 18.3. The molecule has 0 saturated carbocycles. The Kier molecular flexibility index (Phi) is 10.7. The molecular formula is C39H42Cl2N6O3. The smallest absolute Gasteiger partial charge is 0.220 e. The molecule has 3 aliphatic rings. The minimum absolute atomic E-state index is 0.106. The van der Waals surface area contributed by atoms with E-state index in [4.69, 9.17) is 37.9 Å². The van der Waals surface area contributed by atoms with E-state index in [1.54, 1.807) is 7.11 Å². The SMILES string of the molecule is COc1nc(-c2cccc(-c3cccc(-c4cnc5c(c4)CCCC5NCC[C@@H]4CCC(=O)N4)c3Cl)c2Cl)ccc1CNC[C@@H]1CCC(=O)N1. The van der Waals surface area contributed by atoms with E-state index < -0.39 is 0 Å². The topological polar surface area (TPSA) is 117 Å². The molecule has 1 aliphatic carbocycles. The summed E-state index contributed by atoms with van der Waals surface area (Å²) < 4.78 is 5.67. The highest BCUT2D eigenvalue weighted by Crippen LogP contribution is 2.43. The molecule has 11 heteroatoms. The molecule has 7 rings (SSSR count). The van der Waals surface area contributed by atoms with Gasteiger partial charge < -0.3 is 26.0 Å². The third kappa shape index (κ3) is 7.51. The fourth-order valence-electron chi connectivity index (χ4n) is 7.38. The van der Waals surface area contributed by atoms with Gasteiger partial charge in [0.25, 0.3) is 0 Å². The number of methoxy groups -OCH3 is 1. The molecule has 0 spiro atoms. The number of nitrogens with zero attached hydrogens (tertiary/aromatic N) is 2. The molecular weight excluding hydrogens is 671 g/mol. The van der Waals surface area contributed by atoms with Crippen LogP contribution < -0.4 is 26.0 Å². The Hall–Kier alpha value is -4.02. The van der Waals surface area contributed by atoms with Gasteiger partial charge >= 0.3 is 0 Å². The summed E-state index contributed by atoms with van der Waals surface area (Å²) in [6, 6.07) is 18.7. The van der Waals surface area contributed by atoms with Crippen LogP contribution in [0.15, 0.2) is 60.8 Å². The van der Waals surface area contributed by atoms with Gasteiger partial charge in [0.15, 0.2) is 0 Å². The highest BCUT2D eigenvalue weighted by molar-refractivity contribution is 6.39. The highest BCUT2D eigenvalue weighted by Gasteiger charge is 2.25. The lowest BCUT2D eigenvalue weighted by atomic mass is 9.89. The van der Waals surface area contributed by atoms with Crippen molar-refractivity contribution < 1.29 is 14.3 Å². The summed E-state index contributed by atoms with van der Waals surface area (Å²) in [5.74, 6) is 0.785. The van der Waals surface area contributed by atoms with Crippen LogP contribution in [-0.2, 0) is 22.6 Å². The van der Waals surface area contributed by atoms with Crippen molar-refractivity contribution in [2.45, 2.75) is 76.0 Å². The van der Waals surface area contributed by atoms with Crippen molar-refractivity contribution in [2.75, 3.05) is 20.2 Å². The fraction of sp³-hybridized carbons (Fsp3) is 0.385. The van der Waals surface area contributed by atoms with Crippen molar-refractivity contribution >= 4 is 35.0 Å². The predicted octanol–water partition coefficient (Wildman–Crippen LogP) is 6.80. The molecule has 2 aromatic carbocycles. The van der Waals surface area contributed by atoms with Gasteiger partial charge in [-0.1, -0.05) is 65.7 Å². The lowest BCUT2D eigenvalue weighted by Crippen LogP contribution is -2.35. The van der Waals surface area contributed by atoms with Gasteiger partial charge in [0.05, 0.1) is 28.5 Å². The van der Waals surface area contributed by atoms with E-state index in [-0.39, 0.29) is 29.9 Å². The number of carbonyl (C=O) groups excluding carboxylic acids is 2. The van der Waals surface area contributed by atoms with Crippen LogP contribution in [0.5, 0.6) is 5.88 Å². The average Bonchev–Trinajstić information content (AvgIpc) is 3.75. The van der Waals surface area contributed by atoms with E-state index >= 15 is 0 Å². The molecule has 2 saturated heterocycles. The summed E-state index contributed by atoms with van der Waals surface area (Å²) in [6.45, 7) is 2.10. The van der Waals surface area contributed by atoms with Crippen LogP contribution in [-0.4, -0.2) is 54.1 Å². The molecule has 3 atom stereocenters. The molecule has 4 heterocycles. The zero-order valence-corrected chi connectivity index (χ0v) is 29.7. The molecule has 4 aromatic rings. The second-order valence-corrected chi connectivity index (χ2v) is 14.1. The number of hydrogen-bond donors (Lipinski definition) is 4. The Bertz CT molecular complexity index is 1900. The van der Waals surface area contributed by atoms with Gasteiger partial charge in [-0.3, -0.25) is 14.6 Å². The van der Waals surface area contributed by atoms with Gasteiger partial charge in [0, 0.05) is 83.6 Å². The number of fused-ring (bicyclic) bond motifs is 1. The number of amides is 2. The maximum absolute atomic E-state index is 11.6. The third-order valence-corrected chi connectivity index (χ3v) is 10.9. The van der Waals surface area contributed by atoms with E-state index in [1.807, 2.05) is 54.7 Å². The van der Waals surface area contributed by atoms with Crippen molar-refractivity contribution in [3.05, 3.63) is 87.7 Å². The van der Waals surface area contributed by atoms with Crippen molar-refractivity contribution in [3.63, 3.8) is 0 Å². The number of nitrogens with one attached hydrogen (secondary N) is 4. The summed E-state index contributed by atoms with van der Waals surface area (Å²) in [6.07, 6.45) is 8.93. The number of halogens is 2. The molecule has 260 valence electrons.